The summed E-state index contributed by atoms with van der Waals surface area (Å²) in [7, 11) is 1.65. The number of ether oxygens (including phenoxy) is 4. The molecule has 1 aliphatic heterocycles. The highest BCUT2D eigenvalue weighted by Gasteiger charge is 2.43. The third-order valence-electron chi connectivity index (χ3n) is 4.89. The molecule has 1 aromatic rings. The minimum absolute atomic E-state index is 0.0997. The van der Waals surface area contributed by atoms with E-state index < -0.39 is 11.9 Å². The molecule has 1 aromatic carbocycles. The molecule has 4 atom stereocenters. The fraction of sp³-hybridized carbons (Fsp3) is 0.652. The van der Waals surface area contributed by atoms with Gasteiger partial charge in [-0.3, -0.25) is 0 Å². The Labute approximate surface area is 169 Å². The van der Waals surface area contributed by atoms with Crippen molar-refractivity contribution in [3.8, 4) is 5.75 Å². The molecule has 28 heavy (non-hydrogen) atoms. The molecule has 0 aliphatic carbocycles. The van der Waals surface area contributed by atoms with Gasteiger partial charge in [0.25, 0.3) is 0 Å². The molecule has 1 fully saturated rings. The summed E-state index contributed by atoms with van der Waals surface area (Å²) in [5.74, 6) is 0.447. The maximum atomic E-state index is 10.7. The average Bonchev–Trinajstić information content (AvgIpc) is 2.96. The molecule has 0 aromatic heterocycles. The van der Waals surface area contributed by atoms with E-state index in [0.717, 1.165) is 24.2 Å². The summed E-state index contributed by atoms with van der Waals surface area (Å²) in [5, 5.41) is 10.7. The molecule has 1 aliphatic rings. The summed E-state index contributed by atoms with van der Waals surface area (Å²) in [5.41, 5.74) is 1.08. The second-order valence-electron chi connectivity index (χ2n) is 8.17. The lowest BCUT2D eigenvalue weighted by Gasteiger charge is -2.22. The van der Waals surface area contributed by atoms with Crippen molar-refractivity contribution >= 4 is 0 Å². The standard InChI is InChI=1S/C23H36O5/c1-7-8-21-22(28-23(4,5)27-21)19(24)13-14-20(16(2)3)26-15-17-9-11-18(25-6)12-10-17/h9-14,16,19-22,24H,7-8,15H2,1-6H3/b14-13-/t19?,20-,21+,22-/m1/s1. The highest BCUT2D eigenvalue weighted by Crippen LogP contribution is 2.32. The predicted molar refractivity (Wildman–Crippen MR) is 110 cm³/mol. The smallest absolute Gasteiger partial charge is 0.163 e. The first-order valence-electron chi connectivity index (χ1n) is 10.2. The average molecular weight is 393 g/mol. The summed E-state index contributed by atoms with van der Waals surface area (Å²) in [6, 6.07) is 7.84. The molecule has 5 heteroatoms. The Hall–Kier alpha value is -1.40. The first-order valence-corrected chi connectivity index (χ1v) is 10.2. The van der Waals surface area contributed by atoms with E-state index in [0.29, 0.717) is 6.61 Å². The Balaban J connectivity index is 1.96. The van der Waals surface area contributed by atoms with E-state index >= 15 is 0 Å². The largest absolute Gasteiger partial charge is 0.497 e. The normalized spacial score (nSPS) is 24.0. The van der Waals surface area contributed by atoms with Crippen LogP contribution < -0.4 is 4.74 Å². The molecule has 0 saturated carbocycles. The van der Waals surface area contributed by atoms with Crippen LogP contribution in [0.1, 0.15) is 53.0 Å². The fourth-order valence-electron chi connectivity index (χ4n) is 3.38. The molecule has 5 nitrogen and oxygen atoms in total. The van der Waals surface area contributed by atoms with Crippen molar-refractivity contribution in [1.29, 1.82) is 0 Å². The minimum atomic E-state index is -0.732. The van der Waals surface area contributed by atoms with Crippen LogP contribution in [0.25, 0.3) is 0 Å². The van der Waals surface area contributed by atoms with E-state index in [1.54, 1.807) is 13.2 Å². The van der Waals surface area contributed by atoms with Crippen LogP contribution in [-0.4, -0.2) is 42.4 Å². The maximum Gasteiger partial charge on any atom is 0.163 e. The highest BCUT2D eigenvalue weighted by molar-refractivity contribution is 5.26. The highest BCUT2D eigenvalue weighted by atomic mass is 16.8. The second-order valence-corrected chi connectivity index (χ2v) is 8.17. The molecule has 2 rings (SSSR count). The summed E-state index contributed by atoms with van der Waals surface area (Å²) >= 11 is 0. The zero-order chi connectivity index (χ0) is 20.7. The van der Waals surface area contributed by atoms with Crippen molar-refractivity contribution in [3.63, 3.8) is 0 Å². The van der Waals surface area contributed by atoms with Gasteiger partial charge in [-0.25, -0.2) is 0 Å². The minimum Gasteiger partial charge on any atom is -0.497 e. The molecule has 1 saturated heterocycles. The molecule has 1 heterocycles. The second kappa shape index (κ2) is 10.4. The van der Waals surface area contributed by atoms with Gasteiger partial charge in [0.1, 0.15) is 18.0 Å². The van der Waals surface area contributed by atoms with E-state index in [2.05, 4.69) is 20.8 Å². The van der Waals surface area contributed by atoms with Gasteiger partial charge in [-0.2, -0.15) is 0 Å². The van der Waals surface area contributed by atoms with Gasteiger partial charge >= 0.3 is 0 Å². The first kappa shape index (κ1) is 22.9. The van der Waals surface area contributed by atoms with Crippen LogP contribution in [0.15, 0.2) is 36.4 Å². The third kappa shape index (κ3) is 6.59. The molecule has 0 bridgehead atoms. The van der Waals surface area contributed by atoms with Crippen molar-refractivity contribution in [3.05, 3.63) is 42.0 Å². The Bertz CT molecular complexity index is 608. The number of aliphatic hydroxyl groups excluding tert-OH is 1. The monoisotopic (exact) mass is 392 g/mol. The van der Waals surface area contributed by atoms with E-state index in [1.165, 1.54) is 0 Å². The van der Waals surface area contributed by atoms with E-state index in [-0.39, 0.29) is 24.2 Å². The Morgan fingerprint density at radius 1 is 1.14 bits per heavy atom. The van der Waals surface area contributed by atoms with Crippen LogP contribution in [0.5, 0.6) is 5.75 Å². The molecule has 1 N–H and O–H groups in total. The zero-order valence-electron chi connectivity index (χ0n) is 18.1. The van der Waals surface area contributed by atoms with Crippen molar-refractivity contribution in [1.82, 2.24) is 0 Å². The van der Waals surface area contributed by atoms with Gasteiger partial charge in [0.15, 0.2) is 5.79 Å². The number of hydrogen-bond acceptors (Lipinski definition) is 5. The maximum absolute atomic E-state index is 10.7. The van der Waals surface area contributed by atoms with Gasteiger partial charge in [-0.05, 0) is 43.9 Å². The van der Waals surface area contributed by atoms with Crippen molar-refractivity contribution < 1.29 is 24.1 Å². The van der Waals surface area contributed by atoms with Gasteiger partial charge in [0.2, 0.25) is 0 Å². The number of benzene rings is 1. The molecule has 158 valence electrons. The summed E-state index contributed by atoms with van der Waals surface area (Å²) in [4.78, 5) is 0. The fourth-order valence-corrected chi connectivity index (χ4v) is 3.38. The van der Waals surface area contributed by atoms with Crippen LogP contribution in [0, 0.1) is 5.92 Å². The van der Waals surface area contributed by atoms with Gasteiger partial charge in [-0.1, -0.05) is 51.5 Å². The van der Waals surface area contributed by atoms with Crippen LogP contribution in [0.2, 0.25) is 0 Å². The van der Waals surface area contributed by atoms with E-state index in [4.69, 9.17) is 18.9 Å². The summed E-state index contributed by atoms with van der Waals surface area (Å²) in [6.45, 7) is 10.6. The first-order chi connectivity index (χ1) is 13.3. The van der Waals surface area contributed by atoms with Crippen molar-refractivity contribution in [2.24, 2.45) is 5.92 Å². The summed E-state index contributed by atoms with van der Waals surface area (Å²) < 4.78 is 23.2. The van der Waals surface area contributed by atoms with Gasteiger partial charge < -0.3 is 24.1 Å². The summed E-state index contributed by atoms with van der Waals surface area (Å²) in [6.07, 6.45) is 4.28. The lowest BCUT2D eigenvalue weighted by molar-refractivity contribution is -0.152. The van der Waals surface area contributed by atoms with Gasteiger partial charge in [-0.15, -0.1) is 0 Å². The van der Waals surface area contributed by atoms with Crippen LogP contribution in [-0.2, 0) is 20.8 Å². The molecular formula is C23H36O5. The predicted octanol–water partition coefficient (Wildman–Crippen LogP) is 4.47. The quantitative estimate of drug-likeness (QED) is 0.595. The topological polar surface area (TPSA) is 57.2 Å². The number of hydrogen-bond donors (Lipinski definition) is 1. The van der Waals surface area contributed by atoms with Crippen molar-refractivity contribution in [2.75, 3.05) is 7.11 Å². The van der Waals surface area contributed by atoms with E-state index in [9.17, 15) is 5.11 Å². The zero-order valence-corrected chi connectivity index (χ0v) is 18.1. The van der Waals surface area contributed by atoms with Gasteiger partial charge in [0, 0.05) is 0 Å². The molecule has 0 spiro atoms. The Morgan fingerprint density at radius 2 is 1.82 bits per heavy atom. The Morgan fingerprint density at radius 3 is 2.39 bits per heavy atom. The lowest BCUT2D eigenvalue weighted by atomic mass is 10.0. The van der Waals surface area contributed by atoms with Gasteiger partial charge in [0.05, 0.1) is 25.9 Å². The third-order valence-corrected chi connectivity index (χ3v) is 4.89. The van der Waals surface area contributed by atoms with E-state index in [1.807, 2.05) is 44.2 Å². The molecule has 1 unspecified atom stereocenters. The van der Waals surface area contributed by atoms with Crippen molar-refractivity contribution in [2.45, 2.75) is 84.3 Å². The van der Waals surface area contributed by atoms with Crippen LogP contribution in [0.4, 0.5) is 0 Å². The molecule has 0 radical (unpaired) electrons. The number of aliphatic hydroxyl groups is 1. The van der Waals surface area contributed by atoms with Crippen LogP contribution >= 0.6 is 0 Å². The Kier molecular flexibility index (Phi) is 8.50. The lowest BCUT2D eigenvalue weighted by Crippen LogP contribution is -2.34. The molecule has 0 amide bonds. The molecular weight excluding hydrogens is 356 g/mol. The number of rotatable bonds is 10. The van der Waals surface area contributed by atoms with Crippen LogP contribution in [0.3, 0.4) is 0 Å². The number of methoxy groups -OCH3 is 1. The SMILES string of the molecule is CCC[C@@H]1OC(C)(C)O[C@@H]1C(O)/C=C\[C@@H](OCc1ccc(OC)cc1)C(C)C.